The summed E-state index contributed by atoms with van der Waals surface area (Å²) in [6.45, 7) is 4.87. The zero-order valence-corrected chi connectivity index (χ0v) is 13.7. The van der Waals surface area contributed by atoms with Crippen LogP contribution in [0.5, 0.6) is 0 Å². The average Bonchev–Trinajstić information content (AvgIpc) is 2.49. The van der Waals surface area contributed by atoms with E-state index in [1.54, 1.807) is 32.0 Å². The van der Waals surface area contributed by atoms with E-state index in [9.17, 15) is 4.79 Å². The predicted octanol–water partition coefficient (Wildman–Crippen LogP) is -0.360. The highest BCUT2D eigenvalue weighted by molar-refractivity contribution is 6.06. The Labute approximate surface area is 139 Å². The van der Waals surface area contributed by atoms with Gasteiger partial charge in [-0.15, -0.1) is 10.2 Å². The second-order valence-electron chi connectivity index (χ2n) is 4.90. The van der Waals surface area contributed by atoms with Gasteiger partial charge >= 0.3 is 0 Å². The van der Waals surface area contributed by atoms with Crippen molar-refractivity contribution in [2.75, 3.05) is 5.32 Å². The summed E-state index contributed by atoms with van der Waals surface area (Å²) in [4.78, 5) is 11.3. The Kier molecular flexibility index (Phi) is 6.41. The first-order valence-corrected chi connectivity index (χ1v) is 6.89. The molecule has 128 valence electrons. The molecule has 0 spiro atoms. The standard InChI is InChI=1S/C14H21N9O/c1-7(20-22-13(15)16)10-4-11(8(2)21-23-14(17)18)6-12(5-10)19-9(3)24/h4-6H,1-3H3,(H,19,24)(H4,15,16,22)(H4,17,18,23)/b20-7-,21-8-. The fourth-order valence-corrected chi connectivity index (χ4v) is 1.70. The van der Waals surface area contributed by atoms with Gasteiger partial charge in [-0.1, -0.05) is 0 Å². The summed E-state index contributed by atoms with van der Waals surface area (Å²) >= 11 is 0. The van der Waals surface area contributed by atoms with Gasteiger partial charge in [0.25, 0.3) is 0 Å². The molecular formula is C14H21N9O. The second-order valence-corrected chi connectivity index (χ2v) is 4.90. The Bertz CT molecular complexity index is 686. The van der Waals surface area contributed by atoms with E-state index in [-0.39, 0.29) is 17.8 Å². The first kappa shape index (κ1) is 18.6. The number of nitrogens with one attached hydrogen (secondary N) is 1. The molecule has 1 amide bonds. The van der Waals surface area contributed by atoms with E-state index in [0.29, 0.717) is 28.2 Å². The minimum absolute atomic E-state index is 0.155. The van der Waals surface area contributed by atoms with Crippen LogP contribution in [0.25, 0.3) is 0 Å². The lowest BCUT2D eigenvalue weighted by Crippen LogP contribution is -2.22. The zero-order valence-electron chi connectivity index (χ0n) is 13.7. The van der Waals surface area contributed by atoms with Gasteiger partial charge in [0, 0.05) is 23.7 Å². The molecular weight excluding hydrogens is 310 g/mol. The van der Waals surface area contributed by atoms with Gasteiger partial charge in [0.1, 0.15) is 0 Å². The molecule has 1 aromatic rings. The molecule has 0 aromatic heterocycles. The van der Waals surface area contributed by atoms with E-state index < -0.39 is 0 Å². The molecule has 24 heavy (non-hydrogen) atoms. The maximum atomic E-state index is 11.3. The van der Waals surface area contributed by atoms with Crippen molar-refractivity contribution in [2.24, 2.45) is 43.3 Å². The SMILES string of the molecule is CC(=O)Nc1cc(/C(C)=N\N=C(N)N)cc(/C(C)=N\N=C(N)N)c1. The lowest BCUT2D eigenvalue weighted by molar-refractivity contribution is -0.114. The molecule has 0 radical (unpaired) electrons. The zero-order chi connectivity index (χ0) is 18.3. The van der Waals surface area contributed by atoms with Crippen LogP contribution in [0.15, 0.2) is 38.6 Å². The molecule has 10 nitrogen and oxygen atoms in total. The number of nitrogens with zero attached hydrogens (tertiary/aromatic N) is 4. The Hall–Kier alpha value is -3.43. The van der Waals surface area contributed by atoms with Crippen molar-refractivity contribution in [1.29, 1.82) is 0 Å². The number of rotatable bonds is 5. The third-order valence-corrected chi connectivity index (χ3v) is 2.72. The maximum absolute atomic E-state index is 11.3. The van der Waals surface area contributed by atoms with E-state index in [4.69, 9.17) is 22.9 Å². The molecule has 0 unspecified atom stereocenters. The van der Waals surface area contributed by atoms with Gasteiger partial charge in [0.05, 0.1) is 11.4 Å². The lowest BCUT2D eigenvalue weighted by Gasteiger charge is -2.09. The normalized spacial score (nSPS) is 11.6. The van der Waals surface area contributed by atoms with Crippen molar-refractivity contribution in [2.45, 2.75) is 20.8 Å². The molecule has 0 aliphatic heterocycles. The fraction of sp³-hybridized carbons (Fsp3) is 0.214. The Morgan fingerprint density at radius 3 is 1.54 bits per heavy atom. The summed E-state index contributed by atoms with van der Waals surface area (Å²) in [5.41, 5.74) is 24.1. The molecule has 1 aromatic carbocycles. The largest absolute Gasteiger partial charge is 0.369 e. The summed E-state index contributed by atoms with van der Waals surface area (Å²) < 4.78 is 0. The van der Waals surface area contributed by atoms with Crippen molar-refractivity contribution in [1.82, 2.24) is 0 Å². The monoisotopic (exact) mass is 331 g/mol. The van der Waals surface area contributed by atoms with Gasteiger partial charge in [-0.3, -0.25) is 4.79 Å². The van der Waals surface area contributed by atoms with Crippen LogP contribution in [0.2, 0.25) is 0 Å². The molecule has 0 saturated heterocycles. The molecule has 10 heteroatoms. The molecule has 0 bridgehead atoms. The maximum Gasteiger partial charge on any atom is 0.221 e. The first-order chi connectivity index (χ1) is 11.2. The van der Waals surface area contributed by atoms with Crippen LogP contribution in [0.4, 0.5) is 5.69 Å². The molecule has 1 rings (SSSR count). The van der Waals surface area contributed by atoms with Gasteiger partial charge in [0.15, 0.2) is 0 Å². The van der Waals surface area contributed by atoms with Crippen LogP contribution in [0.3, 0.4) is 0 Å². The Morgan fingerprint density at radius 2 is 1.21 bits per heavy atom. The van der Waals surface area contributed by atoms with Gasteiger partial charge in [-0.25, -0.2) is 0 Å². The minimum Gasteiger partial charge on any atom is -0.369 e. The number of guanidine groups is 2. The van der Waals surface area contributed by atoms with Gasteiger partial charge < -0.3 is 28.3 Å². The number of benzene rings is 1. The third kappa shape index (κ3) is 6.13. The van der Waals surface area contributed by atoms with E-state index >= 15 is 0 Å². The van der Waals surface area contributed by atoms with E-state index in [2.05, 4.69) is 25.7 Å². The average molecular weight is 331 g/mol. The van der Waals surface area contributed by atoms with Crippen molar-refractivity contribution in [3.05, 3.63) is 29.3 Å². The summed E-state index contributed by atoms with van der Waals surface area (Å²) in [5, 5.41) is 17.8. The molecule has 0 fully saturated rings. The molecule has 0 aliphatic carbocycles. The Balaban J connectivity index is 3.39. The van der Waals surface area contributed by atoms with Crippen LogP contribution in [-0.4, -0.2) is 29.2 Å². The van der Waals surface area contributed by atoms with Crippen molar-refractivity contribution in [3.63, 3.8) is 0 Å². The fourth-order valence-electron chi connectivity index (χ4n) is 1.70. The molecule has 9 N–H and O–H groups in total. The van der Waals surface area contributed by atoms with Crippen LogP contribution >= 0.6 is 0 Å². The van der Waals surface area contributed by atoms with Crippen LogP contribution in [0.1, 0.15) is 31.9 Å². The third-order valence-electron chi connectivity index (χ3n) is 2.72. The number of anilines is 1. The number of amides is 1. The predicted molar refractivity (Wildman–Crippen MR) is 96.8 cm³/mol. The number of carbonyl (C=O) groups is 1. The number of carbonyl (C=O) groups excluding carboxylic acids is 1. The smallest absolute Gasteiger partial charge is 0.221 e. The van der Waals surface area contributed by atoms with Gasteiger partial charge in [-0.2, -0.15) is 10.2 Å². The Morgan fingerprint density at radius 1 is 0.792 bits per heavy atom. The van der Waals surface area contributed by atoms with Crippen molar-refractivity contribution >= 4 is 34.9 Å². The lowest BCUT2D eigenvalue weighted by atomic mass is 10.0. The molecule has 0 atom stereocenters. The van der Waals surface area contributed by atoms with Crippen molar-refractivity contribution < 1.29 is 4.79 Å². The van der Waals surface area contributed by atoms with Crippen LogP contribution < -0.4 is 28.3 Å². The summed E-state index contributed by atoms with van der Waals surface area (Å²) in [7, 11) is 0. The number of nitrogens with two attached hydrogens (primary N) is 4. The quantitative estimate of drug-likeness (QED) is 0.280. The van der Waals surface area contributed by atoms with E-state index in [1.165, 1.54) is 6.92 Å². The first-order valence-electron chi connectivity index (χ1n) is 6.89. The highest BCUT2D eigenvalue weighted by Crippen LogP contribution is 2.17. The van der Waals surface area contributed by atoms with E-state index in [1.807, 2.05) is 0 Å². The van der Waals surface area contributed by atoms with Crippen molar-refractivity contribution in [3.8, 4) is 0 Å². The summed E-state index contributed by atoms with van der Waals surface area (Å²) in [5.74, 6) is -0.521. The summed E-state index contributed by atoms with van der Waals surface area (Å²) in [6, 6.07) is 5.27. The molecule has 0 aliphatic rings. The summed E-state index contributed by atoms with van der Waals surface area (Å²) in [6.07, 6.45) is 0. The molecule has 0 saturated carbocycles. The van der Waals surface area contributed by atoms with Gasteiger partial charge in [-0.05, 0) is 32.0 Å². The molecule has 0 heterocycles. The van der Waals surface area contributed by atoms with Crippen LogP contribution in [0, 0.1) is 0 Å². The van der Waals surface area contributed by atoms with E-state index in [0.717, 1.165) is 0 Å². The highest BCUT2D eigenvalue weighted by atomic mass is 16.1. The van der Waals surface area contributed by atoms with Crippen LogP contribution in [-0.2, 0) is 4.79 Å². The number of hydrogen-bond donors (Lipinski definition) is 5. The highest BCUT2D eigenvalue weighted by Gasteiger charge is 2.08. The minimum atomic E-state index is -0.212. The topological polar surface area (TPSA) is 183 Å². The second kappa shape index (κ2) is 8.27. The van der Waals surface area contributed by atoms with Gasteiger partial charge in [0.2, 0.25) is 17.8 Å². The number of hydrogen-bond acceptors (Lipinski definition) is 5.